The Morgan fingerprint density at radius 1 is 0.284 bits per heavy atom. The zero-order valence-electron chi connectivity index (χ0n) is 49.0. The van der Waals surface area contributed by atoms with Crippen LogP contribution < -0.4 is 18.9 Å². The SMILES string of the molecule is C#CC1(OC)c2c(OCCCCCCCCCCCC)ccc(OCCCCCCCCCCCC)c2C(C#C)(OC)c2c(OCCCCCCCCCCCC)ccc(OCCCCCCCCCCCC)c21. The molecule has 3 rings (SSSR count). The lowest BCUT2D eigenvalue weighted by atomic mass is 9.66. The van der Waals surface area contributed by atoms with Crippen molar-refractivity contribution in [3.05, 3.63) is 46.5 Å². The van der Waals surface area contributed by atoms with E-state index < -0.39 is 11.2 Å². The van der Waals surface area contributed by atoms with E-state index in [9.17, 15) is 0 Å². The molecule has 0 unspecified atom stereocenters. The lowest BCUT2D eigenvalue weighted by molar-refractivity contribution is 0.0248. The topological polar surface area (TPSA) is 55.4 Å². The van der Waals surface area contributed by atoms with Crippen LogP contribution in [0.4, 0.5) is 0 Å². The predicted molar refractivity (Wildman–Crippen MR) is 315 cm³/mol. The van der Waals surface area contributed by atoms with Gasteiger partial charge in [0.15, 0.2) is 11.2 Å². The second kappa shape index (κ2) is 41.8. The van der Waals surface area contributed by atoms with E-state index in [1.54, 1.807) is 14.2 Å². The van der Waals surface area contributed by atoms with Gasteiger partial charge in [-0.1, -0.05) is 271 Å². The maximum Gasteiger partial charge on any atom is 0.187 e. The van der Waals surface area contributed by atoms with Crippen molar-refractivity contribution in [2.24, 2.45) is 0 Å². The molecule has 6 heteroatoms. The summed E-state index contributed by atoms with van der Waals surface area (Å²) in [5.74, 6) is 8.89. The van der Waals surface area contributed by atoms with Gasteiger partial charge in [-0.3, -0.25) is 0 Å². The lowest BCUT2D eigenvalue weighted by Gasteiger charge is -2.45. The number of methoxy groups -OCH3 is 2. The summed E-state index contributed by atoms with van der Waals surface area (Å²) < 4.78 is 41.0. The number of rotatable bonds is 50. The fourth-order valence-electron chi connectivity index (χ4n) is 11.2. The molecular weight excluding hydrogens is 913 g/mol. The summed E-state index contributed by atoms with van der Waals surface area (Å²) in [5.41, 5.74) is -0.319. The molecule has 0 atom stereocenters. The quantitative estimate of drug-likeness (QED) is 0.0486. The number of terminal acetylenes is 2. The molecule has 0 heterocycles. The van der Waals surface area contributed by atoms with Crippen LogP contribution >= 0.6 is 0 Å². The molecule has 0 spiro atoms. The van der Waals surface area contributed by atoms with Gasteiger partial charge in [0.05, 0.1) is 48.7 Å². The minimum Gasteiger partial charge on any atom is -0.493 e. The Hall–Kier alpha value is -3.32. The maximum atomic E-state index is 6.88. The Kier molecular flexibility index (Phi) is 36.7. The first-order valence-corrected chi connectivity index (χ1v) is 31.4. The number of fused-ring (bicyclic) bond motifs is 2. The van der Waals surface area contributed by atoms with Crippen LogP contribution in [0, 0.1) is 24.7 Å². The number of ether oxygens (including phenoxy) is 6. The lowest BCUT2D eigenvalue weighted by Crippen LogP contribution is -2.45. The van der Waals surface area contributed by atoms with Crippen LogP contribution in [0.15, 0.2) is 24.3 Å². The molecule has 2 aromatic rings. The van der Waals surface area contributed by atoms with Crippen molar-refractivity contribution in [3.63, 3.8) is 0 Å². The molecule has 0 amide bonds. The summed E-state index contributed by atoms with van der Waals surface area (Å²) in [6.07, 6.45) is 63.6. The first-order chi connectivity index (χ1) is 36.5. The Bertz CT molecular complexity index is 1550. The van der Waals surface area contributed by atoms with Crippen molar-refractivity contribution in [2.75, 3.05) is 40.6 Å². The van der Waals surface area contributed by atoms with Crippen LogP contribution in [0.2, 0.25) is 0 Å². The van der Waals surface area contributed by atoms with Gasteiger partial charge in [-0.2, -0.15) is 0 Å². The van der Waals surface area contributed by atoms with Gasteiger partial charge in [0.25, 0.3) is 0 Å². The largest absolute Gasteiger partial charge is 0.493 e. The van der Waals surface area contributed by atoms with Crippen LogP contribution in [0.1, 0.15) is 307 Å². The molecule has 2 aromatic carbocycles. The van der Waals surface area contributed by atoms with Gasteiger partial charge >= 0.3 is 0 Å². The molecule has 6 nitrogen and oxygen atoms in total. The second-order valence-corrected chi connectivity index (χ2v) is 21.8. The molecule has 1 aliphatic carbocycles. The van der Waals surface area contributed by atoms with Gasteiger partial charge < -0.3 is 28.4 Å². The van der Waals surface area contributed by atoms with E-state index in [1.807, 2.05) is 24.3 Å². The predicted octanol–water partition coefficient (Wildman–Crippen LogP) is 20.2. The number of hydrogen-bond donors (Lipinski definition) is 0. The molecular formula is C68H112O6. The normalized spacial score (nSPS) is 15.8. The van der Waals surface area contributed by atoms with Crippen LogP contribution in [-0.2, 0) is 20.7 Å². The van der Waals surface area contributed by atoms with E-state index in [4.69, 9.17) is 41.3 Å². The Morgan fingerprint density at radius 2 is 0.446 bits per heavy atom. The van der Waals surface area contributed by atoms with Gasteiger partial charge in [-0.05, 0) is 49.9 Å². The highest BCUT2D eigenvalue weighted by Gasteiger charge is 2.57. The van der Waals surface area contributed by atoms with Crippen LogP contribution in [0.5, 0.6) is 23.0 Å². The van der Waals surface area contributed by atoms with Crippen molar-refractivity contribution in [1.29, 1.82) is 0 Å². The molecule has 0 fully saturated rings. The first-order valence-electron chi connectivity index (χ1n) is 31.4. The molecule has 420 valence electrons. The average Bonchev–Trinajstić information content (AvgIpc) is 3.42. The fraction of sp³-hybridized carbons (Fsp3) is 0.765. The molecule has 0 saturated heterocycles. The zero-order chi connectivity index (χ0) is 53.2. The highest BCUT2D eigenvalue weighted by atomic mass is 16.5. The van der Waals surface area contributed by atoms with E-state index in [0.29, 0.717) is 71.7 Å². The van der Waals surface area contributed by atoms with E-state index >= 15 is 0 Å². The van der Waals surface area contributed by atoms with Crippen molar-refractivity contribution >= 4 is 0 Å². The molecule has 0 aromatic heterocycles. The monoisotopic (exact) mass is 1020 g/mol. The maximum absolute atomic E-state index is 6.88. The molecule has 1 aliphatic rings. The van der Waals surface area contributed by atoms with Crippen molar-refractivity contribution in [2.45, 2.75) is 296 Å². The number of hydrogen-bond acceptors (Lipinski definition) is 6. The van der Waals surface area contributed by atoms with Gasteiger partial charge in [0, 0.05) is 14.2 Å². The average molecular weight is 1030 g/mol. The van der Waals surface area contributed by atoms with E-state index in [-0.39, 0.29) is 0 Å². The molecule has 0 aliphatic heterocycles. The molecule has 0 saturated carbocycles. The summed E-state index contributed by atoms with van der Waals surface area (Å²) in [4.78, 5) is 0. The van der Waals surface area contributed by atoms with Gasteiger partial charge in [0.2, 0.25) is 0 Å². The van der Waals surface area contributed by atoms with E-state index in [2.05, 4.69) is 39.5 Å². The third-order valence-electron chi connectivity index (χ3n) is 15.7. The van der Waals surface area contributed by atoms with Crippen LogP contribution in [0.3, 0.4) is 0 Å². The standard InChI is InChI=1S/C68H112O6/c1-9-15-19-23-27-31-35-39-43-47-55-71-59-51-52-60(72-56-48-44-40-36-32-28-24-20-16-10-2)64-63(59)67(13-5,69-7)65-61(73-57-49-45-41-37-33-29-25-21-17-11-3)53-54-62(66(65)68(64,14-6)70-8)74-58-50-46-42-38-34-30-26-22-18-12-4/h5-6,51-54H,9-12,15-50,55-58H2,1-4,7-8H3. The minimum atomic E-state index is -1.46. The van der Waals surface area contributed by atoms with Crippen molar-refractivity contribution < 1.29 is 28.4 Å². The third-order valence-corrected chi connectivity index (χ3v) is 15.7. The highest BCUT2D eigenvalue weighted by Crippen LogP contribution is 2.60. The molecule has 0 N–H and O–H groups in total. The van der Waals surface area contributed by atoms with Crippen LogP contribution in [0.25, 0.3) is 0 Å². The van der Waals surface area contributed by atoms with E-state index in [1.165, 1.54) is 205 Å². The second-order valence-electron chi connectivity index (χ2n) is 21.8. The molecule has 0 bridgehead atoms. The van der Waals surface area contributed by atoms with E-state index in [0.717, 1.165) is 51.4 Å². The van der Waals surface area contributed by atoms with Gasteiger partial charge in [0.1, 0.15) is 23.0 Å². The number of unbranched alkanes of at least 4 members (excludes halogenated alkanes) is 36. The van der Waals surface area contributed by atoms with Gasteiger partial charge in [-0.15, -0.1) is 12.8 Å². The summed E-state index contributed by atoms with van der Waals surface area (Å²) in [6.45, 7) is 11.3. The Labute approximate surface area is 457 Å². The highest BCUT2D eigenvalue weighted by molar-refractivity contribution is 5.75. The first kappa shape index (κ1) is 65.0. The summed E-state index contributed by atoms with van der Waals surface area (Å²) >= 11 is 0. The minimum absolute atomic E-state index is 0.541. The zero-order valence-corrected chi connectivity index (χ0v) is 49.0. The van der Waals surface area contributed by atoms with Crippen molar-refractivity contribution in [1.82, 2.24) is 0 Å². The summed E-state index contributed by atoms with van der Waals surface area (Å²) in [6, 6.07) is 8.02. The Morgan fingerprint density at radius 3 is 0.595 bits per heavy atom. The van der Waals surface area contributed by atoms with Crippen LogP contribution in [-0.4, -0.2) is 40.6 Å². The molecule has 74 heavy (non-hydrogen) atoms. The Balaban J connectivity index is 1.99. The van der Waals surface area contributed by atoms with Crippen molar-refractivity contribution in [3.8, 4) is 47.7 Å². The van der Waals surface area contributed by atoms with Gasteiger partial charge in [-0.25, -0.2) is 0 Å². The number of benzene rings is 2. The summed E-state index contributed by atoms with van der Waals surface area (Å²) in [5, 5.41) is 0. The third kappa shape index (κ3) is 22.3. The molecule has 0 radical (unpaired) electrons. The smallest absolute Gasteiger partial charge is 0.187 e. The fourth-order valence-corrected chi connectivity index (χ4v) is 11.2. The summed E-state index contributed by atoms with van der Waals surface area (Å²) in [7, 11) is 3.38.